The van der Waals surface area contributed by atoms with Crippen LogP contribution in [0, 0.1) is 13.8 Å². The summed E-state index contributed by atoms with van der Waals surface area (Å²) in [6.07, 6.45) is 0. The molecule has 88 valence electrons. The predicted molar refractivity (Wildman–Crippen MR) is 64.8 cm³/mol. The molecule has 5 heteroatoms. The molecule has 1 aromatic carbocycles. The standard InChI is InChI=1S/C12H13N3O2/c1-7-5-9(13)3-4-10(7)12(16)14-11-6-8(2)15-17-11/h3-6H,13H2,1-2H3,(H,14,16). The summed E-state index contributed by atoms with van der Waals surface area (Å²) in [6.45, 7) is 3.62. The van der Waals surface area contributed by atoms with Gasteiger partial charge in [-0.3, -0.25) is 10.1 Å². The lowest BCUT2D eigenvalue weighted by Crippen LogP contribution is -2.13. The van der Waals surface area contributed by atoms with E-state index >= 15 is 0 Å². The number of carbonyl (C=O) groups excluding carboxylic acids is 1. The van der Waals surface area contributed by atoms with E-state index in [0.717, 1.165) is 5.56 Å². The second-order valence-electron chi connectivity index (χ2n) is 3.86. The summed E-state index contributed by atoms with van der Waals surface area (Å²) in [4.78, 5) is 11.9. The fraction of sp³-hybridized carbons (Fsp3) is 0.167. The molecule has 5 nitrogen and oxygen atoms in total. The number of amides is 1. The molecule has 0 bridgehead atoms. The Morgan fingerprint density at radius 2 is 2.12 bits per heavy atom. The first kappa shape index (κ1) is 11.2. The lowest BCUT2D eigenvalue weighted by molar-refractivity contribution is 0.102. The molecular formula is C12H13N3O2. The molecule has 0 atom stereocenters. The van der Waals surface area contributed by atoms with Crippen molar-refractivity contribution in [1.82, 2.24) is 5.16 Å². The van der Waals surface area contributed by atoms with Gasteiger partial charge in [-0.15, -0.1) is 0 Å². The fourth-order valence-corrected chi connectivity index (χ4v) is 1.54. The highest BCUT2D eigenvalue weighted by atomic mass is 16.5. The molecule has 0 spiro atoms. The summed E-state index contributed by atoms with van der Waals surface area (Å²) in [5.74, 6) is 0.0994. The Kier molecular flexibility index (Phi) is 2.82. The molecule has 0 aliphatic heterocycles. The van der Waals surface area contributed by atoms with Gasteiger partial charge >= 0.3 is 0 Å². The molecule has 2 rings (SSSR count). The zero-order valence-electron chi connectivity index (χ0n) is 9.65. The van der Waals surface area contributed by atoms with Crippen LogP contribution >= 0.6 is 0 Å². The third kappa shape index (κ3) is 2.44. The number of hydrogen-bond donors (Lipinski definition) is 2. The van der Waals surface area contributed by atoms with Crippen molar-refractivity contribution in [3.8, 4) is 0 Å². The van der Waals surface area contributed by atoms with E-state index in [1.807, 2.05) is 6.92 Å². The second kappa shape index (κ2) is 4.29. The highest BCUT2D eigenvalue weighted by Gasteiger charge is 2.11. The van der Waals surface area contributed by atoms with Crippen LogP contribution in [0.3, 0.4) is 0 Å². The van der Waals surface area contributed by atoms with Gasteiger partial charge in [0.2, 0.25) is 5.88 Å². The molecule has 1 amide bonds. The second-order valence-corrected chi connectivity index (χ2v) is 3.86. The van der Waals surface area contributed by atoms with Crippen LogP contribution in [-0.2, 0) is 0 Å². The van der Waals surface area contributed by atoms with Crippen LogP contribution in [0.4, 0.5) is 11.6 Å². The van der Waals surface area contributed by atoms with E-state index in [-0.39, 0.29) is 5.91 Å². The van der Waals surface area contributed by atoms with Crippen LogP contribution in [0.1, 0.15) is 21.6 Å². The van der Waals surface area contributed by atoms with E-state index in [9.17, 15) is 4.79 Å². The zero-order valence-corrected chi connectivity index (χ0v) is 9.65. The minimum Gasteiger partial charge on any atom is -0.399 e. The van der Waals surface area contributed by atoms with Crippen molar-refractivity contribution >= 4 is 17.5 Å². The first-order valence-corrected chi connectivity index (χ1v) is 5.17. The Bertz CT molecular complexity index is 561. The van der Waals surface area contributed by atoms with Crippen molar-refractivity contribution in [3.05, 3.63) is 41.1 Å². The average Bonchev–Trinajstić information content (AvgIpc) is 2.63. The normalized spacial score (nSPS) is 10.2. The van der Waals surface area contributed by atoms with Gasteiger partial charge in [0.25, 0.3) is 5.91 Å². The third-order valence-electron chi connectivity index (χ3n) is 2.36. The maximum absolute atomic E-state index is 11.9. The predicted octanol–water partition coefficient (Wildman–Crippen LogP) is 2.13. The first-order chi connectivity index (χ1) is 8.06. The average molecular weight is 231 g/mol. The van der Waals surface area contributed by atoms with E-state index < -0.39 is 0 Å². The number of carbonyl (C=O) groups is 1. The van der Waals surface area contributed by atoms with Gasteiger partial charge in [0.05, 0.1) is 5.69 Å². The molecular weight excluding hydrogens is 218 g/mol. The lowest BCUT2D eigenvalue weighted by Gasteiger charge is -2.05. The van der Waals surface area contributed by atoms with E-state index in [1.54, 1.807) is 31.2 Å². The minimum absolute atomic E-state index is 0.237. The Morgan fingerprint density at radius 1 is 1.35 bits per heavy atom. The van der Waals surface area contributed by atoms with Crippen molar-refractivity contribution < 1.29 is 9.32 Å². The zero-order chi connectivity index (χ0) is 12.4. The van der Waals surface area contributed by atoms with Crippen LogP contribution < -0.4 is 11.1 Å². The molecule has 0 unspecified atom stereocenters. The van der Waals surface area contributed by atoms with Crippen LogP contribution in [0.5, 0.6) is 0 Å². The molecule has 0 fully saturated rings. The van der Waals surface area contributed by atoms with Crippen molar-refractivity contribution in [2.45, 2.75) is 13.8 Å². The molecule has 0 saturated carbocycles. The number of hydrogen-bond acceptors (Lipinski definition) is 4. The number of rotatable bonds is 2. The number of benzene rings is 1. The number of nitrogens with one attached hydrogen (secondary N) is 1. The molecule has 3 N–H and O–H groups in total. The van der Waals surface area contributed by atoms with E-state index in [1.165, 1.54) is 0 Å². The van der Waals surface area contributed by atoms with Gasteiger partial charge in [-0.25, -0.2) is 0 Å². The number of nitrogens with zero attached hydrogens (tertiary/aromatic N) is 1. The van der Waals surface area contributed by atoms with Crippen molar-refractivity contribution in [2.75, 3.05) is 11.1 Å². The van der Waals surface area contributed by atoms with Gasteiger partial charge in [0, 0.05) is 17.3 Å². The third-order valence-corrected chi connectivity index (χ3v) is 2.36. The van der Waals surface area contributed by atoms with Crippen LogP contribution in [0.2, 0.25) is 0 Å². The first-order valence-electron chi connectivity index (χ1n) is 5.17. The molecule has 0 aliphatic rings. The van der Waals surface area contributed by atoms with Gasteiger partial charge < -0.3 is 10.3 Å². The van der Waals surface area contributed by atoms with Gasteiger partial charge in [-0.1, -0.05) is 5.16 Å². The smallest absolute Gasteiger partial charge is 0.258 e. The molecule has 17 heavy (non-hydrogen) atoms. The molecule has 2 aromatic rings. The molecule has 0 aliphatic carbocycles. The molecule has 1 aromatic heterocycles. The van der Waals surface area contributed by atoms with Crippen LogP contribution in [0.25, 0.3) is 0 Å². The number of aromatic nitrogens is 1. The van der Waals surface area contributed by atoms with Crippen LogP contribution in [-0.4, -0.2) is 11.1 Å². The quantitative estimate of drug-likeness (QED) is 0.776. The van der Waals surface area contributed by atoms with Crippen molar-refractivity contribution in [3.63, 3.8) is 0 Å². The summed E-state index contributed by atoms with van der Waals surface area (Å²) >= 11 is 0. The monoisotopic (exact) mass is 231 g/mol. The number of nitrogen functional groups attached to an aromatic ring is 1. The van der Waals surface area contributed by atoms with E-state index in [2.05, 4.69) is 10.5 Å². The summed E-state index contributed by atoms with van der Waals surface area (Å²) in [7, 11) is 0. The Balaban J connectivity index is 2.20. The van der Waals surface area contributed by atoms with Crippen LogP contribution in [0.15, 0.2) is 28.8 Å². The van der Waals surface area contributed by atoms with Crippen molar-refractivity contribution in [2.24, 2.45) is 0 Å². The summed E-state index contributed by atoms with van der Waals surface area (Å²) < 4.78 is 4.91. The molecule has 0 radical (unpaired) electrons. The number of anilines is 2. The van der Waals surface area contributed by atoms with Gasteiger partial charge in [-0.2, -0.15) is 0 Å². The minimum atomic E-state index is -0.237. The molecule has 1 heterocycles. The highest BCUT2D eigenvalue weighted by molar-refractivity contribution is 6.04. The lowest BCUT2D eigenvalue weighted by atomic mass is 10.1. The highest BCUT2D eigenvalue weighted by Crippen LogP contribution is 2.15. The summed E-state index contributed by atoms with van der Waals surface area (Å²) in [5.41, 5.74) is 8.36. The van der Waals surface area contributed by atoms with Gasteiger partial charge in [0.15, 0.2) is 0 Å². The maximum atomic E-state index is 11.9. The Labute approximate surface area is 98.6 Å². The maximum Gasteiger partial charge on any atom is 0.258 e. The largest absolute Gasteiger partial charge is 0.399 e. The summed E-state index contributed by atoms with van der Waals surface area (Å²) in [5, 5.41) is 6.32. The topological polar surface area (TPSA) is 81.2 Å². The van der Waals surface area contributed by atoms with Crippen molar-refractivity contribution in [1.29, 1.82) is 0 Å². The fourth-order valence-electron chi connectivity index (χ4n) is 1.54. The van der Waals surface area contributed by atoms with E-state index in [4.69, 9.17) is 10.3 Å². The summed E-state index contributed by atoms with van der Waals surface area (Å²) in [6, 6.07) is 6.78. The Hall–Kier alpha value is -2.30. The number of nitrogens with two attached hydrogens (primary N) is 1. The van der Waals surface area contributed by atoms with Gasteiger partial charge in [0.1, 0.15) is 0 Å². The van der Waals surface area contributed by atoms with Gasteiger partial charge in [-0.05, 0) is 37.6 Å². The number of aryl methyl sites for hydroxylation is 2. The SMILES string of the molecule is Cc1cc(NC(=O)c2ccc(N)cc2C)on1. The Morgan fingerprint density at radius 3 is 2.71 bits per heavy atom. The van der Waals surface area contributed by atoms with E-state index in [0.29, 0.717) is 22.8 Å². The molecule has 0 saturated heterocycles.